The predicted octanol–water partition coefficient (Wildman–Crippen LogP) is 2.45. The van der Waals surface area contributed by atoms with Gasteiger partial charge in [0.25, 0.3) is 0 Å². The van der Waals surface area contributed by atoms with Crippen LogP contribution < -0.4 is 10.1 Å². The fourth-order valence-electron chi connectivity index (χ4n) is 1.60. The highest BCUT2D eigenvalue weighted by molar-refractivity contribution is 7.99. The van der Waals surface area contributed by atoms with Crippen molar-refractivity contribution in [1.82, 2.24) is 9.97 Å². The van der Waals surface area contributed by atoms with Gasteiger partial charge in [0.1, 0.15) is 5.02 Å². The summed E-state index contributed by atoms with van der Waals surface area (Å²) in [6, 6.07) is 0.784. The van der Waals surface area contributed by atoms with Crippen molar-refractivity contribution in [3.05, 3.63) is 11.2 Å². The number of ether oxygens (including phenoxy) is 1. The molecule has 1 aliphatic heterocycles. The van der Waals surface area contributed by atoms with E-state index in [1.165, 1.54) is 12.2 Å². The molecule has 1 aromatic rings. The molecule has 6 heteroatoms. The van der Waals surface area contributed by atoms with Crippen LogP contribution in [0.4, 0.5) is 5.82 Å². The van der Waals surface area contributed by atoms with Crippen LogP contribution in [-0.2, 0) is 0 Å². The summed E-state index contributed by atoms with van der Waals surface area (Å²) < 4.78 is 4.97. The van der Waals surface area contributed by atoms with Crippen LogP contribution in [0.3, 0.4) is 0 Å². The van der Waals surface area contributed by atoms with E-state index in [1.807, 2.05) is 11.8 Å². The second-order valence-electron chi connectivity index (χ2n) is 3.61. The molecule has 0 bridgehead atoms. The molecule has 0 saturated carbocycles. The molecule has 2 heterocycles. The van der Waals surface area contributed by atoms with Gasteiger partial charge in [-0.1, -0.05) is 11.6 Å². The molecule has 0 aliphatic carbocycles. The number of methoxy groups -OCH3 is 1. The van der Waals surface area contributed by atoms with Crippen LogP contribution in [0.1, 0.15) is 12.8 Å². The Morgan fingerprint density at radius 3 is 3.19 bits per heavy atom. The van der Waals surface area contributed by atoms with Crippen molar-refractivity contribution in [1.29, 1.82) is 0 Å². The fraction of sp³-hybridized carbons (Fsp3) is 0.600. The lowest BCUT2D eigenvalue weighted by molar-refractivity contribution is 0.380. The highest BCUT2D eigenvalue weighted by atomic mass is 35.5. The van der Waals surface area contributed by atoms with Crippen LogP contribution in [0.25, 0.3) is 0 Å². The standard InChI is InChI=1S/C10H14ClN3OS/c1-15-10-12-5-8(11)9(14-10)13-7-3-2-4-16-6-7/h5,7H,2-4,6H2,1H3,(H,12,13,14). The smallest absolute Gasteiger partial charge is 0.318 e. The van der Waals surface area contributed by atoms with Crippen molar-refractivity contribution in [2.45, 2.75) is 18.9 Å². The first-order chi connectivity index (χ1) is 7.79. The molecular formula is C10H14ClN3OS. The van der Waals surface area contributed by atoms with E-state index in [9.17, 15) is 0 Å². The SMILES string of the molecule is COc1ncc(Cl)c(NC2CCCSC2)n1. The Kier molecular flexibility index (Phi) is 4.12. The molecule has 16 heavy (non-hydrogen) atoms. The Morgan fingerprint density at radius 2 is 2.50 bits per heavy atom. The predicted molar refractivity (Wildman–Crippen MR) is 67.6 cm³/mol. The van der Waals surface area contributed by atoms with Gasteiger partial charge in [-0.3, -0.25) is 0 Å². The summed E-state index contributed by atoms with van der Waals surface area (Å²) in [5, 5.41) is 3.88. The molecular weight excluding hydrogens is 246 g/mol. The molecule has 0 spiro atoms. The van der Waals surface area contributed by atoms with Crippen LogP contribution in [0.2, 0.25) is 5.02 Å². The minimum atomic E-state index is 0.343. The van der Waals surface area contributed by atoms with E-state index >= 15 is 0 Å². The van der Waals surface area contributed by atoms with Gasteiger partial charge in [-0.25, -0.2) is 4.98 Å². The number of hydrogen-bond donors (Lipinski definition) is 1. The van der Waals surface area contributed by atoms with E-state index in [2.05, 4.69) is 15.3 Å². The molecule has 0 radical (unpaired) electrons. The van der Waals surface area contributed by atoms with Crippen LogP contribution in [0.5, 0.6) is 6.01 Å². The second-order valence-corrected chi connectivity index (χ2v) is 5.17. The van der Waals surface area contributed by atoms with Gasteiger partial charge in [-0.2, -0.15) is 16.7 Å². The van der Waals surface area contributed by atoms with E-state index in [1.54, 1.807) is 13.3 Å². The third-order valence-corrected chi connectivity index (χ3v) is 3.90. The van der Waals surface area contributed by atoms with Crippen molar-refractivity contribution < 1.29 is 4.74 Å². The Bertz CT molecular complexity index is 358. The van der Waals surface area contributed by atoms with Gasteiger partial charge in [-0.15, -0.1) is 0 Å². The molecule has 1 N–H and O–H groups in total. The van der Waals surface area contributed by atoms with E-state index < -0.39 is 0 Å². The normalized spacial score (nSPS) is 20.5. The molecule has 4 nitrogen and oxygen atoms in total. The first-order valence-corrected chi connectivity index (χ1v) is 6.73. The van der Waals surface area contributed by atoms with Gasteiger partial charge in [0.05, 0.1) is 13.3 Å². The summed E-state index contributed by atoms with van der Waals surface area (Å²) in [5.74, 6) is 3.02. The topological polar surface area (TPSA) is 47.0 Å². The molecule has 0 amide bonds. The Labute approximate surface area is 104 Å². The van der Waals surface area contributed by atoms with E-state index in [4.69, 9.17) is 16.3 Å². The van der Waals surface area contributed by atoms with Crippen LogP contribution >= 0.6 is 23.4 Å². The molecule has 1 unspecified atom stereocenters. The van der Waals surface area contributed by atoms with Crippen molar-refractivity contribution in [3.8, 4) is 6.01 Å². The highest BCUT2D eigenvalue weighted by Crippen LogP contribution is 2.25. The van der Waals surface area contributed by atoms with Gasteiger partial charge >= 0.3 is 6.01 Å². The second kappa shape index (κ2) is 5.59. The number of thioether (sulfide) groups is 1. The molecule has 1 aromatic heterocycles. The van der Waals surface area contributed by atoms with Crippen molar-refractivity contribution >= 4 is 29.2 Å². The van der Waals surface area contributed by atoms with Crippen LogP contribution in [-0.4, -0.2) is 34.6 Å². The minimum Gasteiger partial charge on any atom is -0.467 e. The summed E-state index contributed by atoms with van der Waals surface area (Å²) in [7, 11) is 1.55. The lowest BCUT2D eigenvalue weighted by Crippen LogP contribution is -2.26. The first kappa shape index (κ1) is 11.8. The first-order valence-electron chi connectivity index (χ1n) is 5.20. The maximum Gasteiger partial charge on any atom is 0.318 e. The monoisotopic (exact) mass is 259 g/mol. The molecule has 1 fully saturated rings. The largest absolute Gasteiger partial charge is 0.467 e. The highest BCUT2D eigenvalue weighted by Gasteiger charge is 2.16. The average Bonchev–Trinajstić information content (AvgIpc) is 2.33. The number of halogens is 1. The Hall–Kier alpha value is -0.680. The quantitative estimate of drug-likeness (QED) is 0.904. The Balaban J connectivity index is 2.06. The van der Waals surface area contributed by atoms with Crippen molar-refractivity contribution in [2.24, 2.45) is 0 Å². The summed E-state index contributed by atoms with van der Waals surface area (Å²) in [6.45, 7) is 0. The molecule has 0 aromatic carbocycles. The third-order valence-electron chi connectivity index (χ3n) is 2.41. The van der Waals surface area contributed by atoms with Crippen LogP contribution in [0, 0.1) is 0 Å². The zero-order valence-corrected chi connectivity index (χ0v) is 10.6. The lowest BCUT2D eigenvalue weighted by Gasteiger charge is -2.23. The molecule has 1 saturated heterocycles. The summed E-state index contributed by atoms with van der Waals surface area (Å²) in [4.78, 5) is 8.14. The minimum absolute atomic E-state index is 0.343. The average molecular weight is 260 g/mol. The van der Waals surface area contributed by atoms with Crippen molar-refractivity contribution in [3.63, 3.8) is 0 Å². The number of nitrogens with one attached hydrogen (secondary N) is 1. The van der Waals surface area contributed by atoms with Crippen LogP contribution in [0.15, 0.2) is 6.20 Å². The fourth-order valence-corrected chi connectivity index (χ4v) is 2.82. The number of hydrogen-bond acceptors (Lipinski definition) is 5. The maximum atomic E-state index is 6.02. The van der Waals surface area contributed by atoms with Gasteiger partial charge in [0.15, 0.2) is 5.82 Å². The van der Waals surface area contributed by atoms with E-state index in [0.29, 0.717) is 22.9 Å². The molecule has 1 atom stereocenters. The lowest BCUT2D eigenvalue weighted by atomic mass is 10.2. The van der Waals surface area contributed by atoms with Crippen molar-refractivity contribution in [2.75, 3.05) is 23.9 Å². The molecule has 88 valence electrons. The van der Waals surface area contributed by atoms with E-state index in [0.717, 1.165) is 12.2 Å². The summed E-state index contributed by atoms with van der Waals surface area (Å²) in [5.41, 5.74) is 0. The molecule has 2 rings (SSSR count). The van der Waals surface area contributed by atoms with Gasteiger partial charge < -0.3 is 10.1 Å². The number of aromatic nitrogens is 2. The zero-order valence-electron chi connectivity index (χ0n) is 9.07. The zero-order chi connectivity index (χ0) is 11.4. The Morgan fingerprint density at radius 1 is 1.62 bits per heavy atom. The van der Waals surface area contributed by atoms with Gasteiger partial charge in [-0.05, 0) is 18.6 Å². The summed E-state index contributed by atoms with van der Waals surface area (Å²) in [6.07, 6.45) is 3.96. The third kappa shape index (κ3) is 2.92. The number of anilines is 1. The van der Waals surface area contributed by atoms with Gasteiger partial charge in [0, 0.05) is 11.8 Å². The molecule has 1 aliphatic rings. The van der Waals surface area contributed by atoms with Gasteiger partial charge in [0.2, 0.25) is 0 Å². The van der Waals surface area contributed by atoms with E-state index in [-0.39, 0.29) is 0 Å². The number of rotatable bonds is 3. The summed E-state index contributed by atoms with van der Waals surface area (Å²) >= 11 is 7.98. The maximum absolute atomic E-state index is 6.02. The number of nitrogens with zero attached hydrogens (tertiary/aromatic N) is 2.